The summed E-state index contributed by atoms with van der Waals surface area (Å²) in [6.45, 7) is 2.29. The Morgan fingerprint density at radius 3 is 2.71 bits per heavy atom. The summed E-state index contributed by atoms with van der Waals surface area (Å²) in [6, 6.07) is 1.55. The van der Waals surface area contributed by atoms with Crippen molar-refractivity contribution < 1.29 is 14.3 Å². The molecule has 1 aromatic rings. The number of allylic oxidation sites excluding steroid dienone is 5. The van der Waals surface area contributed by atoms with Crippen LogP contribution < -0.4 is 4.74 Å². The van der Waals surface area contributed by atoms with Crippen molar-refractivity contribution >= 4 is 30.8 Å². The second kappa shape index (κ2) is 7.09. The highest BCUT2D eigenvalue weighted by atomic mass is 32.1. The first-order valence-electron chi connectivity index (χ1n) is 6.66. The maximum absolute atomic E-state index is 12.0. The smallest absolute Gasteiger partial charge is 0.170 e. The lowest BCUT2D eigenvalue weighted by Crippen LogP contribution is -2.17. The fourth-order valence-electron chi connectivity index (χ4n) is 2.08. The van der Waals surface area contributed by atoms with Crippen LogP contribution in [-0.2, 0) is 0 Å². The van der Waals surface area contributed by atoms with Crippen molar-refractivity contribution in [2.24, 2.45) is 0 Å². The molecule has 2 rings (SSSR count). The average molecular weight is 300 g/mol. The minimum absolute atomic E-state index is 0.00760. The quantitative estimate of drug-likeness (QED) is 0.521. The molecule has 0 N–H and O–H groups in total. The van der Waals surface area contributed by atoms with Gasteiger partial charge in [0.25, 0.3) is 0 Å². The van der Waals surface area contributed by atoms with Crippen molar-refractivity contribution in [1.82, 2.24) is 0 Å². The first-order valence-corrected chi connectivity index (χ1v) is 7.11. The minimum atomic E-state index is -0.00760. The summed E-state index contributed by atoms with van der Waals surface area (Å²) in [5.41, 5.74) is 1.52. The van der Waals surface area contributed by atoms with Crippen LogP contribution in [0.3, 0.4) is 0 Å². The first kappa shape index (κ1) is 15.3. The summed E-state index contributed by atoms with van der Waals surface area (Å²) in [5.74, 6) is 0.504. The van der Waals surface area contributed by atoms with E-state index in [0.717, 1.165) is 0 Å². The van der Waals surface area contributed by atoms with Gasteiger partial charge in [0, 0.05) is 22.4 Å². The second-order valence-electron chi connectivity index (χ2n) is 4.51. The Bertz CT molecular complexity index is 654. The Labute approximate surface area is 129 Å². The standard InChI is InChI=1S/C17H16O3S/c1-2-3-4-5-6-7-13-16-14(15(19)8-9-20-16)10-12(11-18)17(13)21/h2-7,10-11,21H,8-9H2,1H3/b3-2+,5-4+,7-6+. The topological polar surface area (TPSA) is 43.4 Å². The number of Topliss-reactive ketones (excluding diaryl/α,β-unsaturated/α-hetero) is 1. The molecule has 0 saturated carbocycles. The zero-order chi connectivity index (χ0) is 15.2. The van der Waals surface area contributed by atoms with Crippen molar-refractivity contribution in [3.8, 4) is 5.75 Å². The molecule has 0 amide bonds. The van der Waals surface area contributed by atoms with Crippen LogP contribution in [0.5, 0.6) is 5.75 Å². The summed E-state index contributed by atoms with van der Waals surface area (Å²) >= 11 is 4.39. The molecule has 0 unspecified atom stereocenters. The summed E-state index contributed by atoms with van der Waals surface area (Å²) in [5, 5.41) is 0. The van der Waals surface area contributed by atoms with Gasteiger partial charge in [0.15, 0.2) is 12.1 Å². The monoisotopic (exact) mass is 300 g/mol. The van der Waals surface area contributed by atoms with Gasteiger partial charge in [-0.1, -0.05) is 36.5 Å². The van der Waals surface area contributed by atoms with Gasteiger partial charge in [-0.3, -0.25) is 9.59 Å². The van der Waals surface area contributed by atoms with Crippen LogP contribution in [0.15, 0.2) is 41.3 Å². The van der Waals surface area contributed by atoms with Crippen molar-refractivity contribution in [3.05, 3.63) is 53.1 Å². The summed E-state index contributed by atoms with van der Waals surface area (Å²) in [4.78, 5) is 23.6. The molecule has 0 radical (unpaired) electrons. The van der Waals surface area contributed by atoms with Gasteiger partial charge in [-0.15, -0.1) is 12.6 Å². The lowest BCUT2D eigenvalue weighted by Gasteiger charge is -2.20. The number of ketones is 1. The van der Waals surface area contributed by atoms with E-state index in [1.165, 1.54) is 0 Å². The minimum Gasteiger partial charge on any atom is -0.492 e. The van der Waals surface area contributed by atoms with Gasteiger partial charge in [-0.05, 0) is 13.0 Å². The molecule has 0 fully saturated rings. The van der Waals surface area contributed by atoms with E-state index in [9.17, 15) is 9.59 Å². The van der Waals surface area contributed by atoms with Crippen LogP contribution in [0.1, 0.15) is 39.6 Å². The van der Waals surface area contributed by atoms with E-state index in [-0.39, 0.29) is 5.78 Å². The van der Waals surface area contributed by atoms with Gasteiger partial charge in [-0.2, -0.15) is 0 Å². The lowest BCUT2D eigenvalue weighted by atomic mass is 9.97. The van der Waals surface area contributed by atoms with Gasteiger partial charge in [-0.25, -0.2) is 0 Å². The van der Waals surface area contributed by atoms with E-state index < -0.39 is 0 Å². The number of thiol groups is 1. The molecule has 0 aliphatic carbocycles. The number of benzene rings is 1. The Morgan fingerprint density at radius 1 is 1.24 bits per heavy atom. The van der Waals surface area contributed by atoms with Crippen LogP contribution in [0.4, 0.5) is 0 Å². The molecule has 1 aliphatic heterocycles. The lowest BCUT2D eigenvalue weighted by molar-refractivity contribution is 0.0933. The molecule has 0 saturated heterocycles. The van der Waals surface area contributed by atoms with Crippen LogP contribution in [0.25, 0.3) is 6.08 Å². The van der Waals surface area contributed by atoms with Crippen LogP contribution in [0, 0.1) is 0 Å². The highest BCUT2D eigenvalue weighted by Gasteiger charge is 2.24. The molecule has 0 atom stereocenters. The third-order valence-corrected chi connectivity index (χ3v) is 3.61. The van der Waals surface area contributed by atoms with E-state index in [2.05, 4.69) is 12.6 Å². The molecule has 1 aliphatic rings. The number of hydrogen-bond donors (Lipinski definition) is 1. The molecular formula is C17H16O3S. The molecule has 0 spiro atoms. The van der Waals surface area contributed by atoms with E-state index in [1.54, 1.807) is 12.1 Å². The van der Waals surface area contributed by atoms with Gasteiger partial charge >= 0.3 is 0 Å². The largest absolute Gasteiger partial charge is 0.492 e. The number of fused-ring (bicyclic) bond motifs is 1. The van der Waals surface area contributed by atoms with E-state index in [1.807, 2.05) is 37.3 Å². The Hall–Kier alpha value is -2.07. The third kappa shape index (κ3) is 3.34. The van der Waals surface area contributed by atoms with Crippen LogP contribution in [-0.4, -0.2) is 18.7 Å². The number of carbonyl (C=O) groups is 2. The van der Waals surface area contributed by atoms with Crippen molar-refractivity contribution in [2.75, 3.05) is 6.61 Å². The third-order valence-electron chi connectivity index (χ3n) is 3.11. The number of hydrogen-bond acceptors (Lipinski definition) is 4. The highest BCUT2D eigenvalue weighted by molar-refractivity contribution is 7.80. The zero-order valence-corrected chi connectivity index (χ0v) is 12.6. The van der Waals surface area contributed by atoms with Gasteiger partial charge in [0.2, 0.25) is 0 Å². The summed E-state index contributed by atoms with van der Waals surface area (Å²) in [6.07, 6.45) is 12.2. The number of rotatable bonds is 4. The second-order valence-corrected chi connectivity index (χ2v) is 4.96. The SMILES string of the molecule is C/C=C/C=C/C=C/c1c(S)c(C=O)cc2c1OCCC2=O. The average Bonchev–Trinajstić information content (AvgIpc) is 2.49. The molecule has 21 heavy (non-hydrogen) atoms. The molecule has 0 bridgehead atoms. The molecule has 1 heterocycles. The van der Waals surface area contributed by atoms with Crippen molar-refractivity contribution in [2.45, 2.75) is 18.2 Å². The predicted molar refractivity (Wildman–Crippen MR) is 86.5 cm³/mol. The molecule has 3 nitrogen and oxygen atoms in total. The normalized spacial score (nSPS) is 14.9. The Balaban J connectivity index is 2.50. The van der Waals surface area contributed by atoms with E-state index in [4.69, 9.17) is 4.74 Å². The molecule has 4 heteroatoms. The fraction of sp³-hybridized carbons (Fsp3) is 0.176. The Kier molecular flexibility index (Phi) is 5.17. The molecule has 1 aromatic carbocycles. The van der Waals surface area contributed by atoms with Crippen LogP contribution in [0.2, 0.25) is 0 Å². The first-order chi connectivity index (χ1) is 10.2. The summed E-state index contributed by atoms with van der Waals surface area (Å²) in [7, 11) is 0. The van der Waals surface area contributed by atoms with Crippen LogP contribution >= 0.6 is 12.6 Å². The number of carbonyl (C=O) groups excluding carboxylic acids is 2. The van der Waals surface area contributed by atoms with Gasteiger partial charge in [0.05, 0.1) is 12.2 Å². The number of ether oxygens (including phenoxy) is 1. The maximum Gasteiger partial charge on any atom is 0.170 e. The zero-order valence-electron chi connectivity index (χ0n) is 11.7. The van der Waals surface area contributed by atoms with Gasteiger partial charge in [0.1, 0.15) is 5.75 Å². The Morgan fingerprint density at radius 2 is 2.00 bits per heavy atom. The van der Waals surface area contributed by atoms with Gasteiger partial charge < -0.3 is 4.74 Å². The van der Waals surface area contributed by atoms with Crippen molar-refractivity contribution in [1.29, 1.82) is 0 Å². The van der Waals surface area contributed by atoms with E-state index in [0.29, 0.717) is 46.6 Å². The molecule has 0 aromatic heterocycles. The molecule has 108 valence electrons. The maximum atomic E-state index is 12.0. The van der Waals surface area contributed by atoms with Crippen molar-refractivity contribution in [3.63, 3.8) is 0 Å². The fourth-order valence-corrected chi connectivity index (χ4v) is 2.37. The van der Waals surface area contributed by atoms with E-state index >= 15 is 0 Å². The predicted octanol–water partition coefficient (Wildman–Crippen LogP) is 3.90. The highest BCUT2D eigenvalue weighted by Crippen LogP contribution is 2.36. The number of aldehydes is 1. The molecular weight excluding hydrogens is 284 g/mol. The summed E-state index contributed by atoms with van der Waals surface area (Å²) < 4.78 is 5.61.